The van der Waals surface area contributed by atoms with E-state index >= 15 is 8.78 Å². The molecule has 1 saturated heterocycles. The third kappa shape index (κ3) is 5.09. The zero-order valence-corrected chi connectivity index (χ0v) is 26.4. The smallest absolute Gasteiger partial charge is 0.355 e. The molecule has 4 aromatic rings. The highest BCUT2D eigenvalue weighted by Gasteiger charge is 2.35. The molecule has 12 heteroatoms. The van der Waals surface area contributed by atoms with E-state index in [9.17, 15) is 14.0 Å². The Morgan fingerprint density at radius 2 is 1.83 bits per heavy atom. The Bertz CT molecular complexity index is 1940. The highest BCUT2D eigenvalue weighted by Crippen LogP contribution is 2.40. The average molecular weight is 633 g/mol. The van der Waals surface area contributed by atoms with Crippen molar-refractivity contribution in [3.8, 4) is 22.7 Å². The molecule has 1 amide bonds. The molecule has 0 radical (unpaired) electrons. The number of carbonyl (C=O) groups excluding carboxylic acids is 1. The zero-order chi connectivity index (χ0) is 33.0. The quantitative estimate of drug-likeness (QED) is 0.261. The first-order valence-corrected chi connectivity index (χ1v) is 15.4. The third-order valence-electron chi connectivity index (χ3n) is 8.90. The van der Waals surface area contributed by atoms with Crippen LogP contribution in [-0.2, 0) is 4.79 Å². The van der Waals surface area contributed by atoms with Gasteiger partial charge in [0.25, 0.3) is 0 Å². The van der Waals surface area contributed by atoms with Gasteiger partial charge in [0.2, 0.25) is 5.91 Å². The Morgan fingerprint density at radius 3 is 2.54 bits per heavy atom. The topological polar surface area (TPSA) is 93.5 Å². The van der Waals surface area contributed by atoms with Crippen molar-refractivity contribution in [2.45, 2.75) is 65.0 Å². The molecule has 240 valence electrons. The van der Waals surface area contributed by atoms with Gasteiger partial charge in [-0.05, 0) is 68.0 Å². The average Bonchev–Trinajstić information content (AvgIpc) is 3.02. The molecule has 3 atom stereocenters. The minimum atomic E-state index is -1.31. The molecule has 5 heterocycles. The number of amides is 1. The van der Waals surface area contributed by atoms with E-state index in [1.807, 2.05) is 45.6 Å². The van der Waals surface area contributed by atoms with Crippen LogP contribution >= 0.6 is 0 Å². The Kier molecular flexibility index (Phi) is 8.07. The summed E-state index contributed by atoms with van der Waals surface area (Å²) in [4.78, 5) is 44.1. The fraction of sp³-hybridized carbons (Fsp3) is 0.382. The van der Waals surface area contributed by atoms with Crippen molar-refractivity contribution in [1.82, 2.24) is 24.4 Å². The molecule has 0 saturated carbocycles. The van der Waals surface area contributed by atoms with Crippen LogP contribution in [0.1, 0.15) is 64.1 Å². The Hall–Kier alpha value is -4.74. The summed E-state index contributed by atoms with van der Waals surface area (Å²) in [7, 11) is 0. The predicted octanol–water partition coefficient (Wildman–Crippen LogP) is 5.88. The van der Waals surface area contributed by atoms with E-state index < -0.39 is 34.4 Å². The number of pyridine rings is 2. The SMILES string of the molecule is C=CC(=O)N1C[C@H](C)N(c2nc(=O)n3c4nc(c(F)cc24)-c2c(ccc(F)c2F)OCCC(C)c2ccnc(C(C)C)c2-3)C[C@H]1C. The van der Waals surface area contributed by atoms with Crippen LogP contribution in [0.5, 0.6) is 5.75 Å². The van der Waals surface area contributed by atoms with Gasteiger partial charge in [-0.25, -0.2) is 27.5 Å². The molecule has 6 rings (SSSR count). The van der Waals surface area contributed by atoms with Crippen LogP contribution in [0.3, 0.4) is 0 Å². The summed E-state index contributed by atoms with van der Waals surface area (Å²) in [5.41, 5.74) is 0.203. The highest BCUT2D eigenvalue weighted by molar-refractivity contribution is 5.92. The number of fused-ring (bicyclic) bond motifs is 5. The van der Waals surface area contributed by atoms with Gasteiger partial charge in [-0.1, -0.05) is 27.4 Å². The van der Waals surface area contributed by atoms with E-state index in [0.717, 1.165) is 17.7 Å². The molecule has 2 bridgehead atoms. The second kappa shape index (κ2) is 11.9. The predicted molar refractivity (Wildman–Crippen MR) is 169 cm³/mol. The van der Waals surface area contributed by atoms with E-state index in [1.54, 1.807) is 11.1 Å². The summed E-state index contributed by atoms with van der Waals surface area (Å²) < 4.78 is 53.7. The lowest BCUT2D eigenvalue weighted by Gasteiger charge is -2.44. The monoisotopic (exact) mass is 632 g/mol. The number of hydrogen-bond acceptors (Lipinski definition) is 7. The summed E-state index contributed by atoms with van der Waals surface area (Å²) in [6, 6.07) is 4.56. The number of piperazine rings is 1. The maximum absolute atomic E-state index is 16.3. The number of rotatable bonds is 3. The van der Waals surface area contributed by atoms with E-state index in [4.69, 9.17) is 4.74 Å². The number of aromatic nitrogens is 4. The molecule has 2 aliphatic rings. The van der Waals surface area contributed by atoms with Crippen molar-refractivity contribution in [2.75, 3.05) is 24.6 Å². The Labute approximate surface area is 264 Å². The molecule has 0 aliphatic carbocycles. The van der Waals surface area contributed by atoms with Gasteiger partial charge in [0.15, 0.2) is 23.1 Å². The molecular formula is C34H35F3N6O3. The van der Waals surface area contributed by atoms with Crippen molar-refractivity contribution >= 4 is 22.8 Å². The fourth-order valence-electron chi connectivity index (χ4n) is 6.47. The molecular weight excluding hydrogens is 597 g/mol. The van der Waals surface area contributed by atoms with Gasteiger partial charge in [0.1, 0.15) is 17.3 Å². The lowest BCUT2D eigenvalue weighted by Crippen LogP contribution is -2.58. The van der Waals surface area contributed by atoms with Gasteiger partial charge in [-0.2, -0.15) is 4.98 Å². The maximum atomic E-state index is 16.3. The van der Waals surface area contributed by atoms with E-state index in [0.29, 0.717) is 30.9 Å². The number of nitrogens with zero attached hydrogens (tertiary/aromatic N) is 6. The van der Waals surface area contributed by atoms with Gasteiger partial charge in [0, 0.05) is 31.4 Å². The molecule has 0 N–H and O–H groups in total. The molecule has 0 spiro atoms. The van der Waals surface area contributed by atoms with Gasteiger partial charge >= 0.3 is 5.69 Å². The van der Waals surface area contributed by atoms with Crippen LogP contribution in [0.4, 0.5) is 19.0 Å². The van der Waals surface area contributed by atoms with Crippen molar-refractivity contribution < 1.29 is 22.7 Å². The van der Waals surface area contributed by atoms with Gasteiger partial charge in [-0.15, -0.1) is 0 Å². The molecule has 9 nitrogen and oxygen atoms in total. The van der Waals surface area contributed by atoms with Crippen LogP contribution < -0.4 is 15.3 Å². The van der Waals surface area contributed by atoms with Crippen molar-refractivity contribution in [3.63, 3.8) is 0 Å². The van der Waals surface area contributed by atoms with E-state index in [-0.39, 0.29) is 59.0 Å². The fourth-order valence-corrected chi connectivity index (χ4v) is 6.47. The highest BCUT2D eigenvalue weighted by atomic mass is 19.2. The van der Waals surface area contributed by atoms with E-state index in [1.165, 1.54) is 16.7 Å². The van der Waals surface area contributed by atoms with Gasteiger partial charge in [-0.3, -0.25) is 9.78 Å². The summed E-state index contributed by atoms with van der Waals surface area (Å²) in [6.07, 6.45) is 3.39. The molecule has 1 aromatic carbocycles. The molecule has 3 aromatic heterocycles. The number of anilines is 1. The van der Waals surface area contributed by atoms with Crippen LogP contribution in [-0.4, -0.2) is 62.1 Å². The molecule has 46 heavy (non-hydrogen) atoms. The number of hydrogen-bond donors (Lipinski definition) is 0. The van der Waals surface area contributed by atoms with Crippen molar-refractivity contribution in [2.24, 2.45) is 0 Å². The minimum Gasteiger partial charge on any atom is -0.493 e. The normalized spacial score (nSPS) is 19.7. The first-order chi connectivity index (χ1) is 21.9. The lowest BCUT2D eigenvalue weighted by molar-refractivity contribution is -0.128. The number of ether oxygens (including phenoxy) is 1. The van der Waals surface area contributed by atoms with Crippen molar-refractivity contribution in [1.29, 1.82) is 0 Å². The van der Waals surface area contributed by atoms with Crippen LogP contribution in [0.25, 0.3) is 28.0 Å². The summed E-state index contributed by atoms with van der Waals surface area (Å²) in [6.45, 7) is 13.9. The maximum Gasteiger partial charge on any atom is 0.355 e. The van der Waals surface area contributed by atoms with Gasteiger partial charge in [0.05, 0.1) is 28.9 Å². The van der Waals surface area contributed by atoms with Crippen LogP contribution in [0.15, 0.2) is 47.9 Å². The number of benzene rings is 1. The summed E-state index contributed by atoms with van der Waals surface area (Å²) in [5.74, 6) is -3.86. The second-order valence-electron chi connectivity index (χ2n) is 12.3. The van der Waals surface area contributed by atoms with Crippen LogP contribution in [0.2, 0.25) is 0 Å². The molecule has 2 aliphatic heterocycles. The first kappa shape index (κ1) is 31.3. The second-order valence-corrected chi connectivity index (χ2v) is 12.3. The first-order valence-electron chi connectivity index (χ1n) is 15.4. The number of carbonyl (C=O) groups is 1. The van der Waals surface area contributed by atoms with Crippen LogP contribution in [0, 0.1) is 17.5 Å². The zero-order valence-electron chi connectivity index (χ0n) is 26.4. The molecule has 1 fully saturated rings. The summed E-state index contributed by atoms with van der Waals surface area (Å²) >= 11 is 0. The molecule has 1 unspecified atom stereocenters. The minimum absolute atomic E-state index is 0.00869. The Balaban J connectivity index is 1.72. The number of halogens is 3. The Morgan fingerprint density at radius 1 is 1.07 bits per heavy atom. The van der Waals surface area contributed by atoms with Crippen molar-refractivity contribution in [3.05, 3.63) is 82.3 Å². The summed E-state index contributed by atoms with van der Waals surface area (Å²) in [5, 5.41) is 0.192. The lowest BCUT2D eigenvalue weighted by atomic mass is 9.93. The third-order valence-corrected chi connectivity index (χ3v) is 8.90. The van der Waals surface area contributed by atoms with E-state index in [2.05, 4.69) is 21.5 Å². The largest absolute Gasteiger partial charge is 0.493 e. The van der Waals surface area contributed by atoms with Gasteiger partial charge < -0.3 is 14.5 Å². The standard InChI is InChI=1S/C34H35F3N6O3/c1-7-26(44)41-15-20(6)42(16-19(41)5)32-22-14-24(36)30-27-25(9-8-23(35)28(27)37)46-13-11-18(4)21-10-12-38-29(17(2)3)31(21)43(33(22)39-30)34(45)40-32/h7-10,12,14,17-20H,1,11,13,15-16H2,2-6H3/t18?,19-,20+/m1/s1.